The Bertz CT molecular complexity index is 394. The Morgan fingerprint density at radius 2 is 1.89 bits per heavy atom. The van der Waals surface area contributed by atoms with Crippen molar-refractivity contribution in [3.05, 3.63) is 34.9 Å². The molecular formula is C15H24F2N2. The summed E-state index contributed by atoms with van der Waals surface area (Å²) in [5, 5.41) is 3.38. The molecule has 1 aromatic rings. The van der Waals surface area contributed by atoms with E-state index in [1.807, 2.05) is 6.92 Å². The maximum Gasteiger partial charge on any atom is 0.251 e. The highest BCUT2D eigenvalue weighted by molar-refractivity contribution is 5.33. The third kappa shape index (κ3) is 5.25. The zero-order valence-electron chi connectivity index (χ0n) is 12.2. The summed E-state index contributed by atoms with van der Waals surface area (Å²) in [5.74, 6) is 0. The second-order valence-electron chi connectivity index (χ2n) is 5.08. The van der Waals surface area contributed by atoms with Gasteiger partial charge in [-0.05, 0) is 38.6 Å². The molecule has 0 heterocycles. The van der Waals surface area contributed by atoms with Gasteiger partial charge in [0.05, 0.1) is 6.54 Å². The van der Waals surface area contributed by atoms with E-state index in [4.69, 9.17) is 0 Å². The first-order chi connectivity index (χ1) is 8.93. The van der Waals surface area contributed by atoms with Gasteiger partial charge < -0.3 is 5.32 Å². The molecule has 0 radical (unpaired) electrons. The molecule has 0 saturated heterocycles. The number of aryl methyl sites for hydroxylation is 2. The average molecular weight is 270 g/mol. The lowest BCUT2D eigenvalue weighted by Crippen LogP contribution is -2.35. The number of alkyl halides is 2. The molecule has 0 aliphatic carbocycles. The Morgan fingerprint density at radius 3 is 2.42 bits per heavy atom. The Morgan fingerprint density at radius 1 is 1.21 bits per heavy atom. The van der Waals surface area contributed by atoms with Gasteiger partial charge in [0.15, 0.2) is 0 Å². The summed E-state index contributed by atoms with van der Waals surface area (Å²) in [6.45, 7) is 7.38. The Balaban J connectivity index is 2.81. The van der Waals surface area contributed by atoms with Crippen molar-refractivity contribution in [3.63, 3.8) is 0 Å². The van der Waals surface area contributed by atoms with E-state index in [1.165, 1.54) is 16.7 Å². The van der Waals surface area contributed by atoms with Gasteiger partial charge in [-0.3, -0.25) is 4.90 Å². The Hall–Kier alpha value is -1.00. The first-order valence-electron chi connectivity index (χ1n) is 6.71. The molecule has 0 bridgehead atoms. The monoisotopic (exact) mass is 270 g/mol. The number of hydrogen-bond donors (Lipinski definition) is 1. The SMILES string of the molecule is CCNC(CN(C)CC(F)F)c1ccc(C)cc1C. The van der Waals surface area contributed by atoms with Crippen LogP contribution in [0.5, 0.6) is 0 Å². The summed E-state index contributed by atoms with van der Waals surface area (Å²) >= 11 is 0. The van der Waals surface area contributed by atoms with Crippen LogP contribution in [-0.4, -0.2) is 38.0 Å². The zero-order chi connectivity index (χ0) is 14.4. The van der Waals surface area contributed by atoms with Crippen LogP contribution < -0.4 is 5.32 Å². The van der Waals surface area contributed by atoms with Gasteiger partial charge in [-0.1, -0.05) is 30.7 Å². The lowest BCUT2D eigenvalue weighted by Gasteiger charge is -2.26. The van der Waals surface area contributed by atoms with E-state index in [2.05, 4.69) is 37.4 Å². The molecule has 1 unspecified atom stereocenters. The molecule has 19 heavy (non-hydrogen) atoms. The van der Waals surface area contributed by atoms with Crippen molar-refractivity contribution < 1.29 is 8.78 Å². The molecule has 0 aromatic heterocycles. The van der Waals surface area contributed by atoms with Crippen LogP contribution in [0.1, 0.15) is 29.7 Å². The van der Waals surface area contributed by atoms with Gasteiger partial charge in [0.1, 0.15) is 0 Å². The van der Waals surface area contributed by atoms with Crippen molar-refractivity contribution in [2.24, 2.45) is 0 Å². The van der Waals surface area contributed by atoms with Gasteiger partial charge in [0.25, 0.3) is 6.43 Å². The average Bonchev–Trinajstić information content (AvgIpc) is 2.27. The molecule has 1 rings (SSSR count). The molecule has 2 nitrogen and oxygen atoms in total. The van der Waals surface area contributed by atoms with E-state index in [9.17, 15) is 8.78 Å². The molecule has 0 amide bonds. The van der Waals surface area contributed by atoms with Crippen molar-refractivity contribution in [2.75, 3.05) is 26.7 Å². The van der Waals surface area contributed by atoms with Crippen LogP contribution >= 0.6 is 0 Å². The van der Waals surface area contributed by atoms with Crippen molar-refractivity contribution in [3.8, 4) is 0 Å². The summed E-state index contributed by atoms with van der Waals surface area (Å²) in [6, 6.07) is 6.38. The summed E-state index contributed by atoms with van der Waals surface area (Å²) < 4.78 is 24.8. The maximum atomic E-state index is 12.4. The number of hydrogen-bond acceptors (Lipinski definition) is 2. The van der Waals surface area contributed by atoms with Crippen molar-refractivity contribution >= 4 is 0 Å². The smallest absolute Gasteiger partial charge is 0.251 e. The minimum absolute atomic E-state index is 0.0920. The third-order valence-electron chi connectivity index (χ3n) is 3.20. The number of likely N-dealkylation sites (N-methyl/N-ethyl adjacent to an activating group) is 2. The van der Waals surface area contributed by atoms with E-state index in [-0.39, 0.29) is 12.6 Å². The lowest BCUT2D eigenvalue weighted by molar-refractivity contribution is 0.0959. The maximum absolute atomic E-state index is 12.4. The van der Waals surface area contributed by atoms with Gasteiger partial charge in [0.2, 0.25) is 0 Å². The minimum Gasteiger partial charge on any atom is -0.309 e. The topological polar surface area (TPSA) is 15.3 Å². The summed E-state index contributed by atoms with van der Waals surface area (Å²) in [6.07, 6.45) is -2.29. The van der Waals surface area contributed by atoms with Crippen LogP contribution in [0.4, 0.5) is 8.78 Å². The standard InChI is InChI=1S/C15H24F2N2/c1-5-18-14(9-19(4)10-15(16)17)13-7-6-11(2)8-12(13)3/h6-8,14-15,18H,5,9-10H2,1-4H3. The number of nitrogens with zero attached hydrogens (tertiary/aromatic N) is 1. The second kappa shape index (κ2) is 7.56. The minimum atomic E-state index is -2.29. The predicted octanol–water partition coefficient (Wildman–Crippen LogP) is 3.15. The molecule has 0 aliphatic heterocycles. The molecule has 0 spiro atoms. The fourth-order valence-corrected chi connectivity index (χ4v) is 2.36. The number of halogens is 2. The highest BCUT2D eigenvalue weighted by Crippen LogP contribution is 2.20. The van der Waals surface area contributed by atoms with E-state index >= 15 is 0 Å². The zero-order valence-corrected chi connectivity index (χ0v) is 12.2. The van der Waals surface area contributed by atoms with Crippen LogP contribution in [0.25, 0.3) is 0 Å². The number of rotatable bonds is 7. The van der Waals surface area contributed by atoms with E-state index in [0.717, 1.165) is 6.54 Å². The summed E-state index contributed by atoms with van der Waals surface area (Å²) in [5.41, 5.74) is 3.61. The van der Waals surface area contributed by atoms with Gasteiger partial charge >= 0.3 is 0 Å². The number of nitrogens with one attached hydrogen (secondary N) is 1. The highest BCUT2D eigenvalue weighted by atomic mass is 19.3. The van der Waals surface area contributed by atoms with Crippen molar-refractivity contribution in [1.29, 1.82) is 0 Å². The number of benzene rings is 1. The van der Waals surface area contributed by atoms with Crippen LogP contribution in [0.2, 0.25) is 0 Å². The highest BCUT2D eigenvalue weighted by Gasteiger charge is 2.17. The summed E-state index contributed by atoms with van der Waals surface area (Å²) in [7, 11) is 1.74. The third-order valence-corrected chi connectivity index (χ3v) is 3.20. The predicted molar refractivity (Wildman–Crippen MR) is 75.8 cm³/mol. The van der Waals surface area contributed by atoms with Crippen LogP contribution in [0, 0.1) is 13.8 Å². The van der Waals surface area contributed by atoms with Crippen molar-refractivity contribution in [1.82, 2.24) is 10.2 Å². The van der Waals surface area contributed by atoms with Gasteiger partial charge in [-0.2, -0.15) is 0 Å². The fourth-order valence-electron chi connectivity index (χ4n) is 2.36. The largest absolute Gasteiger partial charge is 0.309 e. The molecular weight excluding hydrogens is 246 g/mol. The van der Waals surface area contributed by atoms with E-state index in [0.29, 0.717) is 6.54 Å². The second-order valence-corrected chi connectivity index (χ2v) is 5.08. The van der Waals surface area contributed by atoms with Gasteiger partial charge in [-0.25, -0.2) is 8.78 Å². The van der Waals surface area contributed by atoms with E-state index in [1.54, 1.807) is 11.9 Å². The van der Waals surface area contributed by atoms with Crippen LogP contribution in [0.15, 0.2) is 18.2 Å². The molecule has 0 fully saturated rings. The van der Waals surface area contributed by atoms with Crippen molar-refractivity contribution in [2.45, 2.75) is 33.2 Å². The molecule has 0 aliphatic rings. The molecule has 4 heteroatoms. The normalized spacial score (nSPS) is 13.3. The Kier molecular flexibility index (Phi) is 6.38. The molecule has 108 valence electrons. The fraction of sp³-hybridized carbons (Fsp3) is 0.600. The molecule has 1 atom stereocenters. The van der Waals surface area contributed by atoms with Gasteiger partial charge in [-0.15, -0.1) is 0 Å². The van der Waals surface area contributed by atoms with Crippen LogP contribution in [-0.2, 0) is 0 Å². The molecule has 0 saturated carbocycles. The molecule has 1 aromatic carbocycles. The summed E-state index contributed by atoms with van der Waals surface area (Å²) in [4.78, 5) is 1.68. The van der Waals surface area contributed by atoms with E-state index < -0.39 is 6.43 Å². The quantitative estimate of drug-likeness (QED) is 0.819. The molecule has 1 N–H and O–H groups in total. The first kappa shape index (κ1) is 16.1. The Labute approximate surface area is 114 Å². The van der Waals surface area contributed by atoms with Crippen LogP contribution in [0.3, 0.4) is 0 Å². The lowest BCUT2D eigenvalue weighted by atomic mass is 9.98. The first-order valence-corrected chi connectivity index (χ1v) is 6.71. The van der Waals surface area contributed by atoms with Gasteiger partial charge in [0, 0.05) is 12.6 Å².